The predicted octanol–water partition coefficient (Wildman–Crippen LogP) is 2.85. The average molecular weight is 360 g/mol. The monoisotopic (exact) mass is 359 g/mol. The number of hydrogen-bond donors (Lipinski definition) is 1. The fraction of sp³-hybridized carbons (Fsp3) is 0.421. The molecule has 0 saturated carbocycles. The lowest BCUT2D eigenvalue weighted by Crippen LogP contribution is -2.32. The molecule has 2 heterocycles. The molecular weight excluding hydrogens is 338 g/mol. The first-order chi connectivity index (χ1) is 12.0. The lowest BCUT2D eigenvalue weighted by molar-refractivity contribution is -0.129. The van der Waals surface area contributed by atoms with Gasteiger partial charge in [0.25, 0.3) is 5.56 Å². The Bertz CT molecular complexity index is 847. The summed E-state index contributed by atoms with van der Waals surface area (Å²) in [4.78, 5) is 33.8. The van der Waals surface area contributed by atoms with Gasteiger partial charge in [-0.1, -0.05) is 36.7 Å². The van der Waals surface area contributed by atoms with Crippen molar-refractivity contribution in [1.82, 2.24) is 14.9 Å². The Morgan fingerprint density at radius 3 is 2.84 bits per heavy atom. The summed E-state index contributed by atoms with van der Waals surface area (Å²) in [5, 5.41) is 0.744. The molecule has 1 amide bonds. The summed E-state index contributed by atoms with van der Waals surface area (Å²) in [5.41, 5.74) is 1.97. The van der Waals surface area contributed by atoms with Crippen molar-refractivity contribution in [3.8, 4) is 0 Å². The molecule has 1 aliphatic heterocycles. The fourth-order valence-electron chi connectivity index (χ4n) is 3.35. The van der Waals surface area contributed by atoms with Gasteiger partial charge in [-0.05, 0) is 25.0 Å². The topological polar surface area (TPSA) is 66.1 Å². The minimum Gasteiger partial charge on any atom is -0.342 e. The van der Waals surface area contributed by atoms with Crippen molar-refractivity contribution >= 4 is 17.5 Å². The van der Waals surface area contributed by atoms with Crippen molar-refractivity contribution < 1.29 is 4.79 Å². The van der Waals surface area contributed by atoms with Crippen LogP contribution >= 0.6 is 11.6 Å². The summed E-state index contributed by atoms with van der Waals surface area (Å²) in [6.07, 6.45) is 1.64. The zero-order valence-corrected chi connectivity index (χ0v) is 15.3. The molecule has 3 rings (SSSR count). The Morgan fingerprint density at radius 1 is 1.40 bits per heavy atom. The second-order valence-corrected chi connectivity index (χ2v) is 6.86. The zero-order valence-electron chi connectivity index (χ0n) is 14.5. The number of aromatic nitrogens is 2. The zero-order chi connectivity index (χ0) is 18.0. The van der Waals surface area contributed by atoms with Crippen molar-refractivity contribution in [3.63, 3.8) is 0 Å². The molecule has 1 aliphatic rings. The number of carbonyl (C=O) groups is 1. The standard InChI is InChI=1S/C19H22ClN3O2/c1-3-17-21-12(2)15(19(25)22-17)10-18(24)23-9-8-13(11-23)14-6-4-5-7-16(14)20/h4-7,13H,3,8-11H2,1-2H3,(H,21,22,25)/t13-/m1/s1. The lowest BCUT2D eigenvalue weighted by atomic mass is 9.98. The molecule has 0 bridgehead atoms. The smallest absolute Gasteiger partial charge is 0.254 e. The molecule has 1 aromatic carbocycles. The first-order valence-corrected chi connectivity index (χ1v) is 8.98. The molecule has 1 N–H and O–H groups in total. The van der Waals surface area contributed by atoms with Gasteiger partial charge in [0.05, 0.1) is 6.42 Å². The summed E-state index contributed by atoms with van der Waals surface area (Å²) in [6, 6.07) is 7.77. The molecule has 25 heavy (non-hydrogen) atoms. The van der Waals surface area contributed by atoms with Gasteiger partial charge in [0.1, 0.15) is 5.82 Å². The Labute approximate surface area is 152 Å². The summed E-state index contributed by atoms with van der Waals surface area (Å²) in [6.45, 7) is 5.04. The van der Waals surface area contributed by atoms with Crippen LogP contribution in [0.2, 0.25) is 5.02 Å². The minimum atomic E-state index is -0.209. The van der Waals surface area contributed by atoms with Gasteiger partial charge in [0, 0.05) is 41.7 Å². The van der Waals surface area contributed by atoms with Gasteiger partial charge in [-0.25, -0.2) is 4.98 Å². The highest BCUT2D eigenvalue weighted by Gasteiger charge is 2.29. The highest BCUT2D eigenvalue weighted by Crippen LogP contribution is 2.32. The van der Waals surface area contributed by atoms with Crippen LogP contribution in [0.1, 0.15) is 41.9 Å². The van der Waals surface area contributed by atoms with E-state index in [1.165, 1.54) is 0 Å². The summed E-state index contributed by atoms with van der Waals surface area (Å²) in [7, 11) is 0. The number of benzene rings is 1. The number of nitrogens with one attached hydrogen (secondary N) is 1. The quantitative estimate of drug-likeness (QED) is 0.912. The van der Waals surface area contributed by atoms with Gasteiger partial charge in [-0.3, -0.25) is 9.59 Å². The highest BCUT2D eigenvalue weighted by molar-refractivity contribution is 6.31. The molecule has 0 aliphatic carbocycles. The fourth-order valence-corrected chi connectivity index (χ4v) is 3.64. The maximum atomic E-state index is 12.6. The Kier molecular flexibility index (Phi) is 5.23. The van der Waals surface area contributed by atoms with E-state index < -0.39 is 0 Å². The number of likely N-dealkylation sites (tertiary alicyclic amines) is 1. The number of halogens is 1. The van der Waals surface area contributed by atoms with Crippen LogP contribution in [0.25, 0.3) is 0 Å². The van der Waals surface area contributed by atoms with Crippen LogP contribution in [0.4, 0.5) is 0 Å². The van der Waals surface area contributed by atoms with Crippen molar-refractivity contribution in [2.24, 2.45) is 0 Å². The number of hydrogen-bond acceptors (Lipinski definition) is 3. The van der Waals surface area contributed by atoms with Gasteiger partial charge in [0.15, 0.2) is 0 Å². The molecule has 1 fully saturated rings. The summed E-state index contributed by atoms with van der Waals surface area (Å²) in [5.74, 6) is 0.866. The third-order valence-electron chi connectivity index (χ3n) is 4.82. The molecule has 132 valence electrons. The van der Waals surface area contributed by atoms with Crippen molar-refractivity contribution in [3.05, 3.63) is 62.3 Å². The van der Waals surface area contributed by atoms with E-state index in [2.05, 4.69) is 9.97 Å². The molecule has 1 saturated heterocycles. The third-order valence-corrected chi connectivity index (χ3v) is 5.16. The van der Waals surface area contributed by atoms with Crippen LogP contribution in [-0.2, 0) is 17.6 Å². The largest absolute Gasteiger partial charge is 0.342 e. The number of amides is 1. The molecule has 0 spiro atoms. The first kappa shape index (κ1) is 17.7. The molecule has 2 aromatic rings. The lowest BCUT2D eigenvalue weighted by Gasteiger charge is -2.17. The average Bonchev–Trinajstić information content (AvgIpc) is 3.08. The predicted molar refractivity (Wildman–Crippen MR) is 98.1 cm³/mol. The van der Waals surface area contributed by atoms with E-state index in [4.69, 9.17) is 11.6 Å². The molecular formula is C19H22ClN3O2. The van der Waals surface area contributed by atoms with Crippen LogP contribution in [0.15, 0.2) is 29.1 Å². The van der Waals surface area contributed by atoms with E-state index in [-0.39, 0.29) is 23.8 Å². The van der Waals surface area contributed by atoms with E-state index in [0.29, 0.717) is 36.6 Å². The Morgan fingerprint density at radius 2 is 2.16 bits per heavy atom. The van der Waals surface area contributed by atoms with Gasteiger partial charge in [-0.15, -0.1) is 0 Å². The number of H-pyrrole nitrogens is 1. The molecule has 0 radical (unpaired) electrons. The maximum Gasteiger partial charge on any atom is 0.254 e. The van der Waals surface area contributed by atoms with Gasteiger partial charge in [0.2, 0.25) is 5.91 Å². The van der Waals surface area contributed by atoms with Crippen molar-refractivity contribution in [2.75, 3.05) is 13.1 Å². The van der Waals surface area contributed by atoms with Gasteiger partial charge >= 0.3 is 0 Å². The second-order valence-electron chi connectivity index (χ2n) is 6.45. The van der Waals surface area contributed by atoms with Crippen molar-refractivity contribution in [2.45, 2.75) is 39.0 Å². The van der Waals surface area contributed by atoms with Crippen LogP contribution in [0.3, 0.4) is 0 Å². The van der Waals surface area contributed by atoms with Crippen LogP contribution < -0.4 is 5.56 Å². The van der Waals surface area contributed by atoms with E-state index in [1.807, 2.05) is 36.1 Å². The number of carbonyl (C=O) groups excluding carboxylic acids is 1. The Hall–Kier alpha value is -2.14. The molecule has 6 heteroatoms. The first-order valence-electron chi connectivity index (χ1n) is 8.60. The summed E-state index contributed by atoms with van der Waals surface area (Å²) < 4.78 is 0. The third kappa shape index (κ3) is 3.76. The van der Waals surface area contributed by atoms with Crippen molar-refractivity contribution in [1.29, 1.82) is 0 Å². The van der Waals surface area contributed by atoms with E-state index >= 15 is 0 Å². The SMILES string of the molecule is CCc1nc(C)c(CC(=O)N2CC[C@@H](c3ccccc3Cl)C2)c(=O)[nH]1. The normalized spacial score (nSPS) is 17.1. The molecule has 5 nitrogen and oxygen atoms in total. The van der Waals surface area contributed by atoms with E-state index in [9.17, 15) is 9.59 Å². The maximum absolute atomic E-state index is 12.6. The summed E-state index contributed by atoms with van der Waals surface area (Å²) >= 11 is 6.27. The number of rotatable bonds is 4. The molecule has 1 atom stereocenters. The minimum absolute atomic E-state index is 0.0331. The number of aromatic amines is 1. The number of nitrogens with zero attached hydrogens (tertiary/aromatic N) is 2. The van der Waals surface area contributed by atoms with Gasteiger partial charge in [-0.2, -0.15) is 0 Å². The van der Waals surface area contributed by atoms with E-state index in [0.717, 1.165) is 17.0 Å². The van der Waals surface area contributed by atoms with Crippen LogP contribution in [0, 0.1) is 6.92 Å². The van der Waals surface area contributed by atoms with Gasteiger partial charge < -0.3 is 9.88 Å². The van der Waals surface area contributed by atoms with Crippen LogP contribution in [0.5, 0.6) is 0 Å². The van der Waals surface area contributed by atoms with Crippen LogP contribution in [-0.4, -0.2) is 33.9 Å². The Balaban J connectivity index is 1.71. The highest BCUT2D eigenvalue weighted by atomic mass is 35.5. The molecule has 0 unspecified atom stereocenters. The number of aryl methyl sites for hydroxylation is 2. The molecule has 1 aromatic heterocycles. The second kappa shape index (κ2) is 7.40. The van der Waals surface area contributed by atoms with E-state index in [1.54, 1.807) is 6.92 Å².